The SMILES string of the molecule is Cc1cccc(OCC(=O)Oc2ccc(Cl)c3ccccc23)c1C. The van der Waals surface area contributed by atoms with E-state index in [4.69, 9.17) is 21.1 Å². The Morgan fingerprint density at radius 3 is 2.46 bits per heavy atom. The minimum Gasteiger partial charge on any atom is -0.482 e. The Morgan fingerprint density at radius 2 is 1.67 bits per heavy atom. The summed E-state index contributed by atoms with van der Waals surface area (Å²) in [6, 6.07) is 16.7. The zero-order chi connectivity index (χ0) is 17.1. The van der Waals surface area contributed by atoms with Gasteiger partial charge in [-0.15, -0.1) is 0 Å². The van der Waals surface area contributed by atoms with Gasteiger partial charge < -0.3 is 9.47 Å². The summed E-state index contributed by atoms with van der Waals surface area (Å²) in [7, 11) is 0. The first-order chi connectivity index (χ1) is 11.6. The molecule has 4 heteroatoms. The highest BCUT2D eigenvalue weighted by Gasteiger charge is 2.11. The molecule has 0 atom stereocenters. The summed E-state index contributed by atoms with van der Waals surface area (Å²) >= 11 is 6.17. The zero-order valence-corrected chi connectivity index (χ0v) is 14.3. The molecular weight excluding hydrogens is 324 g/mol. The first kappa shape index (κ1) is 16.3. The number of benzene rings is 3. The second-order valence-electron chi connectivity index (χ2n) is 5.55. The maximum atomic E-state index is 12.1. The van der Waals surface area contributed by atoms with E-state index in [2.05, 4.69) is 0 Å². The number of fused-ring (bicyclic) bond motifs is 1. The van der Waals surface area contributed by atoms with Crippen LogP contribution in [-0.4, -0.2) is 12.6 Å². The fraction of sp³-hybridized carbons (Fsp3) is 0.150. The van der Waals surface area contributed by atoms with Gasteiger partial charge in [0.2, 0.25) is 0 Å². The number of rotatable bonds is 4. The van der Waals surface area contributed by atoms with Crippen LogP contribution >= 0.6 is 11.6 Å². The topological polar surface area (TPSA) is 35.5 Å². The van der Waals surface area contributed by atoms with Crippen molar-refractivity contribution in [2.45, 2.75) is 13.8 Å². The van der Waals surface area contributed by atoms with E-state index in [0.29, 0.717) is 16.5 Å². The molecule has 0 unspecified atom stereocenters. The van der Waals surface area contributed by atoms with Gasteiger partial charge in [0.25, 0.3) is 0 Å². The Bertz CT molecular complexity index is 903. The predicted octanol–water partition coefficient (Wildman–Crippen LogP) is 5.09. The van der Waals surface area contributed by atoms with Crippen LogP contribution in [0.15, 0.2) is 54.6 Å². The van der Waals surface area contributed by atoms with Crippen molar-refractivity contribution < 1.29 is 14.3 Å². The number of hydrogen-bond donors (Lipinski definition) is 0. The van der Waals surface area contributed by atoms with Gasteiger partial charge in [-0.2, -0.15) is 0 Å². The smallest absolute Gasteiger partial charge is 0.349 e. The van der Waals surface area contributed by atoms with Crippen LogP contribution in [-0.2, 0) is 4.79 Å². The molecule has 0 fully saturated rings. The van der Waals surface area contributed by atoms with Crippen LogP contribution in [0.1, 0.15) is 11.1 Å². The zero-order valence-electron chi connectivity index (χ0n) is 13.5. The van der Waals surface area contributed by atoms with Crippen LogP contribution in [0.4, 0.5) is 0 Å². The Morgan fingerprint density at radius 1 is 0.917 bits per heavy atom. The fourth-order valence-corrected chi connectivity index (χ4v) is 2.72. The molecule has 3 aromatic rings. The van der Waals surface area contributed by atoms with Crippen LogP contribution in [0.2, 0.25) is 5.02 Å². The van der Waals surface area contributed by atoms with Crippen LogP contribution in [0.3, 0.4) is 0 Å². The number of aryl methyl sites for hydroxylation is 1. The summed E-state index contributed by atoms with van der Waals surface area (Å²) in [5, 5.41) is 2.27. The standard InChI is InChI=1S/C20H17ClO3/c1-13-6-5-9-18(14(13)2)23-12-20(22)24-19-11-10-17(21)15-7-3-4-8-16(15)19/h3-11H,12H2,1-2H3. The third-order valence-corrected chi connectivity index (χ3v) is 4.28. The fourth-order valence-electron chi connectivity index (χ4n) is 2.49. The molecule has 24 heavy (non-hydrogen) atoms. The molecule has 0 N–H and O–H groups in total. The number of carbonyl (C=O) groups is 1. The van der Waals surface area contributed by atoms with Crippen LogP contribution in [0.25, 0.3) is 10.8 Å². The van der Waals surface area contributed by atoms with Crippen LogP contribution in [0.5, 0.6) is 11.5 Å². The molecule has 3 nitrogen and oxygen atoms in total. The van der Waals surface area contributed by atoms with Gasteiger partial charge in [0.15, 0.2) is 6.61 Å². The van der Waals surface area contributed by atoms with E-state index in [0.717, 1.165) is 21.9 Å². The third-order valence-electron chi connectivity index (χ3n) is 3.96. The second kappa shape index (κ2) is 6.93. The monoisotopic (exact) mass is 340 g/mol. The van der Waals surface area contributed by atoms with Crippen LogP contribution in [0, 0.1) is 13.8 Å². The van der Waals surface area contributed by atoms with Crippen molar-refractivity contribution in [2.24, 2.45) is 0 Å². The molecule has 3 aromatic carbocycles. The van der Waals surface area contributed by atoms with E-state index in [9.17, 15) is 4.79 Å². The van der Waals surface area contributed by atoms with Crippen molar-refractivity contribution in [3.05, 3.63) is 70.7 Å². The van der Waals surface area contributed by atoms with Gasteiger partial charge in [0.1, 0.15) is 11.5 Å². The van der Waals surface area contributed by atoms with Gasteiger partial charge in [0.05, 0.1) is 0 Å². The van der Waals surface area contributed by atoms with Gasteiger partial charge in [0, 0.05) is 15.8 Å². The molecule has 0 aliphatic carbocycles. The van der Waals surface area contributed by atoms with Crippen molar-refractivity contribution in [1.82, 2.24) is 0 Å². The number of ether oxygens (including phenoxy) is 2. The van der Waals surface area contributed by atoms with Gasteiger partial charge in [-0.1, -0.05) is 48.0 Å². The van der Waals surface area contributed by atoms with E-state index >= 15 is 0 Å². The van der Waals surface area contributed by atoms with Gasteiger partial charge in [-0.25, -0.2) is 4.79 Å². The maximum absolute atomic E-state index is 12.1. The number of carbonyl (C=O) groups excluding carboxylic acids is 1. The maximum Gasteiger partial charge on any atom is 0.349 e. The first-order valence-corrected chi connectivity index (χ1v) is 8.01. The molecule has 0 aliphatic rings. The lowest BCUT2D eigenvalue weighted by Gasteiger charge is -2.12. The van der Waals surface area contributed by atoms with E-state index in [1.807, 2.05) is 56.3 Å². The first-order valence-electron chi connectivity index (χ1n) is 7.63. The lowest BCUT2D eigenvalue weighted by atomic mass is 10.1. The molecule has 0 heterocycles. The van der Waals surface area contributed by atoms with E-state index in [-0.39, 0.29) is 6.61 Å². The summed E-state index contributed by atoms with van der Waals surface area (Å²) in [5.74, 6) is 0.709. The lowest BCUT2D eigenvalue weighted by Crippen LogP contribution is -2.18. The summed E-state index contributed by atoms with van der Waals surface area (Å²) in [5.41, 5.74) is 2.13. The van der Waals surface area contributed by atoms with Crippen molar-refractivity contribution in [1.29, 1.82) is 0 Å². The molecule has 0 bridgehead atoms. The van der Waals surface area contributed by atoms with E-state index in [1.54, 1.807) is 12.1 Å². The van der Waals surface area contributed by atoms with Crippen LogP contribution < -0.4 is 9.47 Å². The van der Waals surface area contributed by atoms with Gasteiger partial charge in [-0.05, 0) is 43.2 Å². The Hall–Kier alpha value is -2.52. The Balaban J connectivity index is 1.74. The molecule has 122 valence electrons. The Labute approximate surface area is 145 Å². The van der Waals surface area contributed by atoms with E-state index in [1.165, 1.54) is 0 Å². The lowest BCUT2D eigenvalue weighted by molar-refractivity contribution is -0.136. The molecule has 0 saturated heterocycles. The van der Waals surface area contributed by atoms with Gasteiger partial charge >= 0.3 is 5.97 Å². The molecule has 0 amide bonds. The minimum absolute atomic E-state index is 0.152. The highest BCUT2D eigenvalue weighted by Crippen LogP contribution is 2.31. The van der Waals surface area contributed by atoms with Crippen molar-refractivity contribution in [3.63, 3.8) is 0 Å². The highest BCUT2D eigenvalue weighted by molar-refractivity contribution is 6.35. The van der Waals surface area contributed by atoms with E-state index < -0.39 is 5.97 Å². The molecule has 0 spiro atoms. The van der Waals surface area contributed by atoms with Crippen molar-refractivity contribution >= 4 is 28.3 Å². The normalized spacial score (nSPS) is 10.6. The summed E-state index contributed by atoms with van der Waals surface area (Å²) in [4.78, 5) is 12.1. The predicted molar refractivity (Wildman–Crippen MR) is 96.0 cm³/mol. The summed E-state index contributed by atoms with van der Waals surface area (Å²) in [6.07, 6.45) is 0. The average molecular weight is 341 g/mol. The molecular formula is C20H17ClO3. The Kier molecular flexibility index (Phi) is 4.72. The van der Waals surface area contributed by atoms with Gasteiger partial charge in [-0.3, -0.25) is 0 Å². The molecule has 3 rings (SSSR count). The molecule has 0 saturated carbocycles. The molecule has 0 radical (unpaired) electrons. The number of esters is 1. The third kappa shape index (κ3) is 3.36. The van der Waals surface area contributed by atoms with Crippen molar-refractivity contribution in [3.8, 4) is 11.5 Å². The van der Waals surface area contributed by atoms with Crippen molar-refractivity contribution in [2.75, 3.05) is 6.61 Å². The minimum atomic E-state index is -0.455. The summed E-state index contributed by atoms with van der Waals surface area (Å²) in [6.45, 7) is 3.81. The molecule has 0 aromatic heterocycles. The quantitative estimate of drug-likeness (QED) is 0.490. The second-order valence-corrected chi connectivity index (χ2v) is 5.96. The summed E-state index contributed by atoms with van der Waals surface area (Å²) < 4.78 is 11.0. The largest absolute Gasteiger partial charge is 0.482 e. The highest BCUT2D eigenvalue weighted by atomic mass is 35.5. The average Bonchev–Trinajstić information content (AvgIpc) is 2.59. The number of halogens is 1. The molecule has 0 aliphatic heterocycles. The number of hydrogen-bond acceptors (Lipinski definition) is 3.